The molecule has 2 fully saturated rings. The Labute approximate surface area is 116 Å². The Hall–Kier alpha value is -1.22. The van der Waals surface area contributed by atoms with E-state index in [0.717, 1.165) is 11.7 Å². The fraction of sp³-hybridized carbons (Fsp3) is 0.625. The van der Waals surface area contributed by atoms with Gasteiger partial charge in [0.25, 0.3) is 0 Å². The third-order valence-corrected chi connectivity index (χ3v) is 4.76. The molecule has 0 aliphatic carbocycles. The monoisotopic (exact) mass is 259 g/mol. The van der Waals surface area contributed by atoms with Crippen molar-refractivity contribution in [3.05, 3.63) is 23.8 Å². The lowest BCUT2D eigenvalue weighted by Gasteiger charge is -2.32. The minimum absolute atomic E-state index is 0.751. The van der Waals surface area contributed by atoms with E-state index in [1.54, 1.807) is 0 Å². The SMILES string of the molecule is Cc1c(N)cccc1N1CCC(N2CCCCC2)C1. The summed E-state index contributed by atoms with van der Waals surface area (Å²) in [6.07, 6.45) is 5.48. The maximum Gasteiger partial charge on any atom is 0.0417 e. The molecule has 0 radical (unpaired) electrons. The van der Waals surface area contributed by atoms with Crippen LogP contribution in [0.25, 0.3) is 0 Å². The summed E-state index contributed by atoms with van der Waals surface area (Å²) in [7, 11) is 0. The van der Waals surface area contributed by atoms with E-state index in [1.807, 2.05) is 6.07 Å². The van der Waals surface area contributed by atoms with Crippen molar-refractivity contribution >= 4 is 11.4 Å². The van der Waals surface area contributed by atoms with Crippen LogP contribution in [0.1, 0.15) is 31.2 Å². The van der Waals surface area contributed by atoms with Crippen LogP contribution in [0.4, 0.5) is 11.4 Å². The van der Waals surface area contributed by atoms with Gasteiger partial charge in [-0.15, -0.1) is 0 Å². The summed E-state index contributed by atoms with van der Waals surface area (Å²) in [6, 6.07) is 7.04. The molecule has 3 nitrogen and oxygen atoms in total. The van der Waals surface area contributed by atoms with Crippen molar-refractivity contribution in [2.75, 3.05) is 36.8 Å². The van der Waals surface area contributed by atoms with E-state index < -0.39 is 0 Å². The summed E-state index contributed by atoms with van der Waals surface area (Å²) in [5, 5.41) is 0. The molecular weight excluding hydrogens is 234 g/mol. The highest BCUT2D eigenvalue weighted by molar-refractivity contribution is 5.64. The second-order valence-electron chi connectivity index (χ2n) is 5.98. The van der Waals surface area contributed by atoms with Gasteiger partial charge >= 0.3 is 0 Å². The van der Waals surface area contributed by atoms with Gasteiger partial charge in [-0.1, -0.05) is 12.5 Å². The fourth-order valence-electron chi connectivity index (χ4n) is 3.53. The quantitative estimate of drug-likeness (QED) is 0.829. The predicted octanol–water partition coefficient (Wildman–Crippen LogP) is 2.64. The van der Waals surface area contributed by atoms with Crippen molar-refractivity contribution in [3.63, 3.8) is 0 Å². The summed E-state index contributed by atoms with van der Waals surface area (Å²) < 4.78 is 0. The molecule has 0 aromatic heterocycles. The van der Waals surface area contributed by atoms with Gasteiger partial charge in [-0.3, -0.25) is 4.90 Å². The summed E-state index contributed by atoms with van der Waals surface area (Å²) in [6.45, 7) is 7.08. The maximum atomic E-state index is 6.03. The molecule has 2 aliphatic rings. The number of anilines is 2. The van der Waals surface area contributed by atoms with Crippen LogP contribution in [-0.4, -0.2) is 37.1 Å². The van der Waals surface area contributed by atoms with Gasteiger partial charge < -0.3 is 10.6 Å². The highest BCUT2D eigenvalue weighted by atomic mass is 15.3. The number of likely N-dealkylation sites (tertiary alicyclic amines) is 1. The summed E-state index contributed by atoms with van der Waals surface area (Å²) in [5.74, 6) is 0. The molecule has 0 saturated carbocycles. The lowest BCUT2D eigenvalue weighted by atomic mass is 10.1. The molecule has 0 amide bonds. The number of rotatable bonds is 2. The fourth-order valence-corrected chi connectivity index (χ4v) is 3.53. The van der Waals surface area contributed by atoms with Gasteiger partial charge in [-0.05, 0) is 57.0 Å². The van der Waals surface area contributed by atoms with Crippen LogP contribution in [0.2, 0.25) is 0 Å². The highest BCUT2D eigenvalue weighted by Gasteiger charge is 2.29. The molecule has 1 aromatic carbocycles. The van der Waals surface area contributed by atoms with Crippen LogP contribution in [-0.2, 0) is 0 Å². The molecular formula is C16H25N3. The smallest absolute Gasteiger partial charge is 0.0417 e. The van der Waals surface area contributed by atoms with Crippen molar-refractivity contribution in [1.29, 1.82) is 0 Å². The molecule has 1 aromatic rings. The van der Waals surface area contributed by atoms with Gasteiger partial charge in [0.15, 0.2) is 0 Å². The van der Waals surface area contributed by atoms with E-state index in [1.165, 1.54) is 63.1 Å². The molecule has 3 rings (SSSR count). The van der Waals surface area contributed by atoms with E-state index >= 15 is 0 Å². The topological polar surface area (TPSA) is 32.5 Å². The summed E-state index contributed by atoms with van der Waals surface area (Å²) >= 11 is 0. The molecule has 0 spiro atoms. The van der Waals surface area contributed by atoms with Crippen molar-refractivity contribution < 1.29 is 0 Å². The first-order chi connectivity index (χ1) is 9.25. The zero-order valence-electron chi connectivity index (χ0n) is 11.9. The van der Waals surface area contributed by atoms with Crippen LogP contribution in [0.15, 0.2) is 18.2 Å². The summed E-state index contributed by atoms with van der Waals surface area (Å²) in [4.78, 5) is 5.22. The van der Waals surface area contributed by atoms with Crippen molar-refractivity contribution in [2.24, 2.45) is 0 Å². The number of nitrogens with zero attached hydrogens (tertiary/aromatic N) is 2. The Balaban J connectivity index is 1.69. The van der Waals surface area contributed by atoms with Crippen molar-refractivity contribution in [1.82, 2.24) is 4.90 Å². The Kier molecular flexibility index (Phi) is 3.65. The van der Waals surface area contributed by atoms with Crippen molar-refractivity contribution in [2.45, 2.75) is 38.6 Å². The minimum Gasteiger partial charge on any atom is -0.398 e. The molecule has 2 aliphatic heterocycles. The zero-order valence-corrected chi connectivity index (χ0v) is 11.9. The van der Waals surface area contributed by atoms with Gasteiger partial charge in [0.1, 0.15) is 0 Å². The molecule has 2 heterocycles. The average Bonchev–Trinajstić information content (AvgIpc) is 2.92. The molecule has 1 atom stereocenters. The molecule has 3 heteroatoms. The first-order valence-corrected chi connectivity index (χ1v) is 7.60. The second kappa shape index (κ2) is 5.41. The lowest BCUT2D eigenvalue weighted by molar-refractivity contribution is 0.175. The predicted molar refractivity (Wildman–Crippen MR) is 81.6 cm³/mol. The standard InChI is InChI=1S/C16H25N3/c1-13-15(17)6-5-7-16(13)19-11-8-14(12-19)18-9-3-2-4-10-18/h5-7,14H,2-4,8-12,17H2,1H3. The number of hydrogen-bond acceptors (Lipinski definition) is 3. The number of nitrogen functional groups attached to an aromatic ring is 1. The van der Waals surface area contributed by atoms with Crippen LogP contribution >= 0.6 is 0 Å². The van der Waals surface area contributed by atoms with E-state index in [0.29, 0.717) is 0 Å². The summed E-state index contributed by atoms with van der Waals surface area (Å²) in [5.41, 5.74) is 9.51. The Morgan fingerprint density at radius 3 is 2.68 bits per heavy atom. The minimum atomic E-state index is 0.751. The Morgan fingerprint density at radius 1 is 1.11 bits per heavy atom. The van der Waals surface area contributed by atoms with E-state index in [4.69, 9.17) is 5.73 Å². The number of benzene rings is 1. The van der Waals surface area contributed by atoms with Gasteiger partial charge in [-0.25, -0.2) is 0 Å². The van der Waals surface area contributed by atoms with Gasteiger partial charge in [0.2, 0.25) is 0 Å². The second-order valence-corrected chi connectivity index (χ2v) is 5.98. The van der Waals surface area contributed by atoms with E-state index in [9.17, 15) is 0 Å². The Morgan fingerprint density at radius 2 is 1.89 bits per heavy atom. The zero-order chi connectivity index (χ0) is 13.2. The molecule has 1 unspecified atom stereocenters. The van der Waals surface area contributed by atoms with Crippen LogP contribution in [0.3, 0.4) is 0 Å². The van der Waals surface area contributed by atoms with E-state index in [-0.39, 0.29) is 0 Å². The first-order valence-electron chi connectivity index (χ1n) is 7.60. The first kappa shape index (κ1) is 12.8. The molecule has 0 bridgehead atoms. The van der Waals surface area contributed by atoms with Gasteiger partial charge in [-0.2, -0.15) is 0 Å². The third kappa shape index (κ3) is 2.57. The average molecular weight is 259 g/mol. The molecule has 19 heavy (non-hydrogen) atoms. The third-order valence-electron chi connectivity index (χ3n) is 4.76. The van der Waals surface area contributed by atoms with Crippen LogP contribution in [0.5, 0.6) is 0 Å². The highest BCUT2D eigenvalue weighted by Crippen LogP contribution is 2.29. The van der Waals surface area contributed by atoms with Crippen LogP contribution < -0.4 is 10.6 Å². The van der Waals surface area contributed by atoms with Gasteiger partial charge in [0.05, 0.1) is 0 Å². The van der Waals surface area contributed by atoms with E-state index in [2.05, 4.69) is 28.9 Å². The Bertz CT molecular complexity index is 438. The molecule has 2 N–H and O–H groups in total. The van der Waals surface area contributed by atoms with Crippen molar-refractivity contribution in [3.8, 4) is 0 Å². The van der Waals surface area contributed by atoms with Gasteiger partial charge in [0, 0.05) is 30.5 Å². The normalized spacial score (nSPS) is 24.9. The van der Waals surface area contributed by atoms with Crippen LogP contribution in [0, 0.1) is 6.92 Å². The number of piperidine rings is 1. The largest absolute Gasteiger partial charge is 0.398 e. The molecule has 2 saturated heterocycles. The maximum absolute atomic E-state index is 6.03. The number of hydrogen-bond donors (Lipinski definition) is 1. The molecule has 104 valence electrons. The lowest BCUT2D eigenvalue weighted by Crippen LogP contribution is -2.40. The number of nitrogens with two attached hydrogens (primary N) is 1.